The summed E-state index contributed by atoms with van der Waals surface area (Å²) in [5, 5.41) is 14.6. The molecule has 53 heavy (non-hydrogen) atoms. The Balaban J connectivity index is 1.20. The van der Waals surface area contributed by atoms with E-state index in [9.17, 15) is 19.5 Å². The maximum atomic E-state index is 14.8. The molecular weight excluding hydrogens is 713 g/mol. The fourth-order valence-corrected chi connectivity index (χ4v) is 7.69. The second kappa shape index (κ2) is 16.6. The van der Waals surface area contributed by atoms with E-state index >= 15 is 0 Å². The van der Waals surface area contributed by atoms with Crippen LogP contribution in [-0.4, -0.2) is 90.1 Å². The Kier molecular flexibility index (Phi) is 12.2. The lowest BCUT2D eigenvalue weighted by atomic mass is 9.82. The minimum atomic E-state index is -1.44. The number of ketones is 1. The molecule has 2 bridgehead atoms. The first kappa shape index (κ1) is 38.8. The highest BCUT2D eigenvalue weighted by Gasteiger charge is 2.43. The van der Waals surface area contributed by atoms with Gasteiger partial charge in [-0.15, -0.1) is 0 Å². The topological polar surface area (TPSA) is 108 Å². The molecule has 1 amide bonds. The lowest BCUT2D eigenvalue weighted by Gasteiger charge is -2.45. The number of piperazine rings is 1. The van der Waals surface area contributed by atoms with Gasteiger partial charge in [0.25, 0.3) is 5.91 Å². The number of nitrogens with zero attached hydrogens (tertiary/aromatic N) is 2. The largest absolute Gasteiger partial charge is 0.490 e. The highest BCUT2D eigenvalue weighted by molar-refractivity contribution is 6.32. The fraction of sp³-hybridized carbons (Fsp3) is 0.452. The van der Waals surface area contributed by atoms with Crippen LogP contribution in [0.5, 0.6) is 11.5 Å². The first-order valence-electron chi connectivity index (χ1n) is 18.5. The molecule has 0 unspecified atom stereocenters. The standard InChI is InChI=1S/C42H49Cl2N3O6/c1-26-21-35(44)37(22-27(26)2)53-20-19-52-32-13-9-28(10-14-32)33-23-30-24-46(17-16-38(48)42(3,4)41(50)51)25-36(45-30)39(33)40(49)47(31-11-12-31)18-15-29-7-5-6-8-34(29)43/h5-10,13-14,21-22,30-31,36,45H,11-12,15-20,23-25H2,1-4H3,(H,50,51)/t30-,36-/m1/s1. The van der Waals surface area contributed by atoms with Crippen LogP contribution in [-0.2, 0) is 20.8 Å². The van der Waals surface area contributed by atoms with Crippen molar-refractivity contribution in [1.82, 2.24) is 15.1 Å². The predicted octanol–water partition coefficient (Wildman–Crippen LogP) is 7.17. The van der Waals surface area contributed by atoms with Crippen LogP contribution in [0.25, 0.3) is 5.57 Å². The van der Waals surface area contributed by atoms with Crippen molar-refractivity contribution in [2.75, 3.05) is 39.4 Å². The van der Waals surface area contributed by atoms with Crippen molar-refractivity contribution in [3.8, 4) is 11.5 Å². The van der Waals surface area contributed by atoms with Gasteiger partial charge in [-0.2, -0.15) is 0 Å². The summed E-state index contributed by atoms with van der Waals surface area (Å²) in [5.74, 6) is -0.0630. The lowest BCUT2D eigenvalue weighted by Crippen LogP contribution is -2.61. The van der Waals surface area contributed by atoms with E-state index in [1.807, 2.05) is 79.4 Å². The molecule has 1 saturated carbocycles. The number of hydrogen-bond donors (Lipinski definition) is 2. The number of benzene rings is 3. The first-order chi connectivity index (χ1) is 25.3. The van der Waals surface area contributed by atoms with E-state index in [-0.39, 0.29) is 36.2 Å². The van der Waals surface area contributed by atoms with Gasteiger partial charge in [-0.05, 0) is 112 Å². The van der Waals surface area contributed by atoms with Crippen LogP contribution in [0.15, 0.2) is 66.2 Å². The molecule has 3 aromatic rings. The second-order valence-corrected chi connectivity index (χ2v) is 15.8. The van der Waals surface area contributed by atoms with E-state index in [1.165, 1.54) is 13.8 Å². The van der Waals surface area contributed by atoms with Gasteiger partial charge in [-0.1, -0.05) is 53.5 Å². The number of ether oxygens (including phenoxy) is 2. The third kappa shape index (κ3) is 9.26. The van der Waals surface area contributed by atoms with Gasteiger partial charge in [0, 0.05) is 55.3 Å². The van der Waals surface area contributed by atoms with Crippen molar-refractivity contribution in [2.45, 2.75) is 77.9 Å². The molecule has 2 N–H and O–H groups in total. The zero-order chi connectivity index (χ0) is 37.9. The summed E-state index contributed by atoms with van der Waals surface area (Å²) in [7, 11) is 0. The lowest BCUT2D eigenvalue weighted by molar-refractivity contribution is -0.152. The molecule has 3 aliphatic rings. The number of fused-ring (bicyclic) bond motifs is 2. The monoisotopic (exact) mass is 761 g/mol. The maximum Gasteiger partial charge on any atom is 0.316 e. The number of rotatable bonds is 16. The Bertz CT molecular complexity index is 1870. The summed E-state index contributed by atoms with van der Waals surface area (Å²) < 4.78 is 11.9. The van der Waals surface area contributed by atoms with Crippen LogP contribution in [0, 0.1) is 19.3 Å². The van der Waals surface area contributed by atoms with E-state index in [2.05, 4.69) is 10.2 Å². The third-order valence-electron chi connectivity index (χ3n) is 10.8. The highest BCUT2D eigenvalue weighted by Crippen LogP contribution is 2.38. The Morgan fingerprint density at radius 2 is 1.64 bits per heavy atom. The van der Waals surface area contributed by atoms with Gasteiger partial charge in [-0.3, -0.25) is 19.3 Å². The molecule has 282 valence electrons. The van der Waals surface area contributed by atoms with Crippen LogP contribution < -0.4 is 14.8 Å². The summed E-state index contributed by atoms with van der Waals surface area (Å²) >= 11 is 12.9. The number of hydrogen-bond acceptors (Lipinski definition) is 7. The third-order valence-corrected chi connectivity index (χ3v) is 11.5. The van der Waals surface area contributed by atoms with Crippen molar-refractivity contribution < 1.29 is 29.0 Å². The second-order valence-electron chi connectivity index (χ2n) is 15.0. The molecule has 1 saturated heterocycles. The molecule has 1 aliphatic carbocycles. The average molecular weight is 763 g/mol. The number of carboxylic acid groups (broad SMARTS) is 1. The number of halogens is 2. The number of carbonyl (C=O) groups is 3. The molecular formula is C42H49Cl2N3O6. The van der Waals surface area contributed by atoms with Gasteiger partial charge in [-0.25, -0.2) is 0 Å². The number of amides is 1. The molecule has 2 atom stereocenters. The Labute approximate surface area is 322 Å². The number of carbonyl (C=O) groups excluding carboxylic acids is 2. The molecule has 2 aliphatic heterocycles. The maximum absolute atomic E-state index is 14.8. The summed E-state index contributed by atoms with van der Waals surface area (Å²) in [4.78, 5) is 43.6. The summed E-state index contributed by atoms with van der Waals surface area (Å²) in [6.45, 7) is 9.85. The SMILES string of the molecule is Cc1cc(Cl)c(OCCOc2ccc(C3=C(C(=O)N(CCc4ccccc4Cl)C4CC4)[C@H]4CN(CCC(=O)C(C)(C)C(=O)O)C[C@@H](C3)N4)cc2)cc1C. The Morgan fingerprint density at radius 3 is 2.34 bits per heavy atom. The van der Waals surface area contributed by atoms with Crippen LogP contribution in [0.1, 0.15) is 61.8 Å². The molecule has 2 heterocycles. The van der Waals surface area contributed by atoms with Crippen LogP contribution in [0.3, 0.4) is 0 Å². The molecule has 0 radical (unpaired) electrons. The molecule has 3 aromatic carbocycles. The van der Waals surface area contributed by atoms with E-state index in [4.69, 9.17) is 32.7 Å². The summed E-state index contributed by atoms with van der Waals surface area (Å²) in [6.07, 6.45) is 3.36. The predicted molar refractivity (Wildman–Crippen MR) is 208 cm³/mol. The smallest absolute Gasteiger partial charge is 0.316 e. The van der Waals surface area contributed by atoms with Gasteiger partial charge in [0.2, 0.25) is 0 Å². The average Bonchev–Trinajstić information content (AvgIpc) is 3.97. The summed E-state index contributed by atoms with van der Waals surface area (Å²) in [5.41, 5.74) is 4.54. The van der Waals surface area contributed by atoms with Crippen molar-refractivity contribution in [2.24, 2.45) is 5.41 Å². The zero-order valence-electron chi connectivity index (χ0n) is 30.9. The normalized spacial score (nSPS) is 18.8. The van der Waals surface area contributed by atoms with E-state index in [0.717, 1.165) is 46.2 Å². The minimum Gasteiger partial charge on any atom is -0.490 e. The van der Waals surface area contributed by atoms with Crippen LogP contribution in [0.4, 0.5) is 0 Å². The number of aliphatic carboxylic acids is 1. The van der Waals surface area contributed by atoms with Gasteiger partial charge in [0.1, 0.15) is 30.1 Å². The van der Waals surface area contributed by atoms with Crippen LogP contribution >= 0.6 is 23.2 Å². The van der Waals surface area contributed by atoms with Crippen molar-refractivity contribution in [3.05, 3.63) is 98.5 Å². The fourth-order valence-electron chi connectivity index (χ4n) is 7.19. The molecule has 0 spiro atoms. The summed E-state index contributed by atoms with van der Waals surface area (Å²) in [6, 6.07) is 19.5. The number of carboxylic acids is 1. The Hall–Kier alpha value is -3.89. The van der Waals surface area contributed by atoms with E-state index < -0.39 is 11.4 Å². The zero-order valence-corrected chi connectivity index (χ0v) is 32.4. The molecule has 0 aromatic heterocycles. The van der Waals surface area contributed by atoms with Crippen molar-refractivity contribution in [1.29, 1.82) is 0 Å². The van der Waals surface area contributed by atoms with Gasteiger partial charge in [0.05, 0.1) is 11.1 Å². The molecule has 11 heteroatoms. The highest BCUT2D eigenvalue weighted by atomic mass is 35.5. The molecule has 6 rings (SSSR count). The number of nitrogens with one attached hydrogen (secondary N) is 1. The van der Waals surface area contributed by atoms with Gasteiger partial charge < -0.3 is 24.8 Å². The molecule has 9 nitrogen and oxygen atoms in total. The van der Waals surface area contributed by atoms with Crippen LogP contribution in [0.2, 0.25) is 10.0 Å². The van der Waals surface area contributed by atoms with E-state index in [0.29, 0.717) is 73.8 Å². The Morgan fingerprint density at radius 1 is 0.943 bits per heavy atom. The number of Topliss-reactive ketones (excluding diaryl/α,β-unsaturated/α-hetero) is 1. The number of aryl methyl sites for hydroxylation is 2. The van der Waals surface area contributed by atoms with Gasteiger partial charge in [0.15, 0.2) is 5.78 Å². The first-order valence-corrected chi connectivity index (χ1v) is 19.2. The van der Waals surface area contributed by atoms with Crippen molar-refractivity contribution >= 4 is 46.4 Å². The minimum absolute atomic E-state index is 0.0259. The van der Waals surface area contributed by atoms with E-state index in [1.54, 1.807) is 0 Å². The quantitative estimate of drug-likeness (QED) is 0.117. The van der Waals surface area contributed by atoms with Gasteiger partial charge >= 0.3 is 5.97 Å². The molecule has 2 fully saturated rings. The van der Waals surface area contributed by atoms with Crippen molar-refractivity contribution in [3.63, 3.8) is 0 Å².